The van der Waals surface area contributed by atoms with Crippen LogP contribution in [0.2, 0.25) is 0 Å². The lowest BCUT2D eigenvalue weighted by Crippen LogP contribution is -2.26. The Hall–Kier alpha value is -1.89. The van der Waals surface area contributed by atoms with E-state index in [2.05, 4.69) is 20.6 Å². The third-order valence-corrected chi connectivity index (χ3v) is 2.19. The molecule has 7 nitrogen and oxygen atoms in total. The van der Waals surface area contributed by atoms with Crippen LogP contribution in [-0.4, -0.2) is 47.3 Å². The third-order valence-electron chi connectivity index (χ3n) is 2.19. The Morgan fingerprint density at radius 1 is 1.50 bits per heavy atom. The van der Waals surface area contributed by atoms with Crippen LogP contribution in [0.3, 0.4) is 0 Å². The van der Waals surface area contributed by atoms with Gasteiger partial charge in [0.25, 0.3) is 0 Å². The van der Waals surface area contributed by atoms with Gasteiger partial charge in [-0.1, -0.05) is 0 Å². The van der Waals surface area contributed by atoms with Crippen LogP contribution in [0.15, 0.2) is 6.07 Å². The highest BCUT2D eigenvalue weighted by Crippen LogP contribution is 2.11. The van der Waals surface area contributed by atoms with Gasteiger partial charge in [-0.2, -0.15) is 0 Å². The Kier molecular flexibility index (Phi) is 5.31. The summed E-state index contributed by atoms with van der Waals surface area (Å²) in [6, 6.07) is 0.966. The molecule has 1 heterocycles. The van der Waals surface area contributed by atoms with E-state index >= 15 is 0 Å². The number of methoxy groups -OCH3 is 1. The van der Waals surface area contributed by atoms with Crippen molar-refractivity contribution in [3.05, 3.63) is 11.9 Å². The molecule has 1 aromatic heterocycles. The summed E-state index contributed by atoms with van der Waals surface area (Å²) >= 11 is 0. The molecule has 0 aliphatic rings. The average Bonchev–Trinajstić information content (AvgIpc) is 2.28. The fourth-order valence-corrected chi connectivity index (χ4v) is 1.30. The number of nitrogens with one attached hydrogen (secondary N) is 2. The lowest BCUT2D eigenvalue weighted by atomic mass is 10.3. The molecule has 0 aliphatic heterocycles. The zero-order valence-electron chi connectivity index (χ0n) is 10.7. The van der Waals surface area contributed by atoms with Gasteiger partial charge in [0, 0.05) is 19.7 Å². The van der Waals surface area contributed by atoms with E-state index in [1.165, 1.54) is 0 Å². The smallest absolute Gasteiger partial charge is 0.325 e. The van der Waals surface area contributed by atoms with Gasteiger partial charge < -0.3 is 20.5 Å². The van der Waals surface area contributed by atoms with Crippen LogP contribution in [0.4, 0.5) is 11.6 Å². The number of aromatic nitrogens is 2. The number of nitrogens with zero attached hydrogens (tertiary/aromatic N) is 2. The van der Waals surface area contributed by atoms with E-state index in [9.17, 15) is 4.79 Å². The van der Waals surface area contributed by atoms with E-state index in [0.717, 1.165) is 0 Å². The minimum atomic E-state index is -0.930. The maximum atomic E-state index is 10.7. The van der Waals surface area contributed by atoms with Crippen molar-refractivity contribution in [2.75, 3.05) is 30.9 Å². The molecule has 1 rings (SSSR count). The Morgan fingerprint density at radius 2 is 2.17 bits per heavy atom. The molecule has 18 heavy (non-hydrogen) atoms. The van der Waals surface area contributed by atoms with Crippen LogP contribution in [0.25, 0.3) is 0 Å². The zero-order chi connectivity index (χ0) is 13.5. The van der Waals surface area contributed by atoms with Crippen molar-refractivity contribution in [2.45, 2.75) is 19.9 Å². The highest BCUT2D eigenvalue weighted by Gasteiger charge is 2.11. The summed E-state index contributed by atoms with van der Waals surface area (Å²) < 4.78 is 4.92. The van der Waals surface area contributed by atoms with E-state index < -0.39 is 12.0 Å². The monoisotopic (exact) mass is 254 g/mol. The van der Waals surface area contributed by atoms with Crippen molar-refractivity contribution < 1.29 is 14.6 Å². The van der Waals surface area contributed by atoms with Gasteiger partial charge in [0.05, 0.1) is 6.61 Å². The van der Waals surface area contributed by atoms with Gasteiger partial charge in [0.15, 0.2) is 0 Å². The third kappa shape index (κ3) is 4.54. The highest BCUT2D eigenvalue weighted by molar-refractivity contribution is 5.76. The minimum absolute atomic E-state index is 0.484. The van der Waals surface area contributed by atoms with Crippen molar-refractivity contribution in [3.8, 4) is 0 Å². The van der Waals surface area contributed by atoms with E-state index in [4.69, 9.17) is 9.84 Å². The van der Waals surface area contributed by atoms with Crippen molar-refractivity contribution in [1.82, 2.24) is 9.97 Å². The number of hydrogen-bond donors (Lipinski definition) is 3. The number of anilines is 2. The average molecular weight is 254 g/mol. The molecule has 7 heteroatoms. The largest absolute Gasteiger partial charge is 0.480 e. The highest BCUT2D eigenvalue weighted by atomic mass is 16.5. The predicted molar refractivity (Wildman–Crippen MR) is 67.9 cm³/mol. The number of carbonyl (C=O) groups is 1. The Labute approximate surface area is 106 Å². The van der Waals surface area contributed by atoms with Crippen molar-refractivity contribution in [2.24, 2.45) is 0 Å². The summed E-state index contributed by atoms with van der Waals surface area (Å²) in [5.74, 6) is 0.759. The summed E-state index contributed by atoms with van der Waals surface area (Å²) in [5, 5.41) is 14.7. The van der Waals surface area contributed by atoms with E-state index in [1.807, 2.05) is 0 Å². The van der Waals surface area contributed by atoms with Gasteiger partial charge in [-0.05, 0) is 13.8 Å². The van der Waals surface area contributed by atoms with Crippen molar-refractivity contribution >= 4 is 17.6 Å². The number of aliphatic carboxylic acids is 1. The molecule has 0 spiro atoms. The Bertz CT molecular complexity index is 411. The molecule has 0 fully saturated rings. The number of rotatable bonds is 7. The van der Waals surface area contributed by atoms with Crippen LogP contribution in [0.5, 0.6) is 0 Å². The Balaban J connectivity index is 2.71. The van der Waals surface area contributed by atoms with Crippen LogP contribution < -0.4 is 10.6 Å². The molecule has 0 radical (unpaired) electrons. The van der Waals surface area contributed by atoms with Crippen LogP contribution in [0, 0.1) is 6.92 Å². The minimum Gasteiger partial charge on any atom is -0.480 e. The van der Waals surface area contributed by atoms with E-state index in [1.54, 1.807) is 27.0 Å². The molecular formula is C11H18N4O3. The molecule has 0 aliphatic carbocycles. The quantitative estimate of drug-likeness (QED) is 0.617. The van der Waals surface area contributed by atoms with E-state index in [-0.39, 0.29) is 0 Å². The van der Waals surface area contributed by atoms with Crippen LogP contribution in [0.1, 0.15) is 12.7 Å². The van der Waals surface area contributed by atoms with Crippen LogP contribution in [-0.2, 0) is 9.53 Å². The molecule has 0 saturated carbocycles. The van der Waals surface area contributed by atoms with Gasteiger partial charge in [0.1, 0.15) is 23.5 Å². The molecule has 0 saturated heterocycles. The first kappa shape index (κ1) is 14.2. The fourth-order valence-electron chi connectivity index (χ4n) is 1.30. The molecule has 100 valence electrons. The Morgan fingerprint density at radius 3 is 2.78 bits per heavy atom. The fraction of sp³-hybridized carbons (Fsp3) is 0.545. The molecule has 0 aromatic carbocycles. The second-order valence-electron chi connectivity index (χ2n) is 3.81. The summed E-state index contributed by atoms with van der Waals surface area (Å²) in [6.07, 6.45) is 0. The first-order valence-corrected chi connectivity index (χ1v) is 5.60. The van der Waals surface area contributed by atoms with Gasteiger partial charge in [-0.25, -0.2) is 9.97 Å². The first-order chi connectivity index (χ1) is 8.52. The maximum absolute atomic E-state index is 10.7. The molecular weight excluding hydrogens is 236 g/mol. The number of aryl methyl sites for hydroxylation is 1. The molecule has 1 aromatic rings. The van der Waals surface area contributed by atoms with E-state index in [0.29, 0.717) is 30.6 Å². The predicted octanol–water partition coefficient (Wildman–Crippen LogP) is 0.728. The molecule has 1 atom stereocenters. The zero-order valence-corrected chi connectivity index (χ0v) is 10.7. The second-order valence-corrected chi connectivity index (χ2v) is 3.81. The number of hydrogen-bond acceptors (Lipinski definition) is 6. The van der Waals surface area contributed by atoms with Gasteiger partial charge in [-0.15, -0.1) is 0 Å². The summed E-state index contributed by atoms with van der Waals surface area (Å²) in [7, 11) is 1.62. The van der Waals surface area contributed by atoms with Gasteiger partial charge in [-0.3, -0.25) is 4.79 Å². The topological polar surface area (TPSA) is 96.4 Å². The molecule has 0 bridgehead atoms. The number of ether oxygens (including phenoxy) is 1. The van der Waals surface area contributed by atoms with Crippen molar-refractivity contribution in [3.63, 3.8) is 0 Å². The normalized spacial score (nSPS) is 11.9. The molecule has 0 amide bonds. The summed E-state index contributed by atoms with van der Waals surface area (Å²) in [5.41, 5.74) is 0. The molecule has 3 N–H and O–H groups in total. The van der Waals surface area contributed by atoms with Crippen LogP contribution >= 0.6 is 0 Å². The number of carboxylic acids is 1. The first-order valence-electron chi connectivity index (χ1n) is 5.60. The number of carboxylic acid groups (broad SMARTS) is 1. The maximum Gasteiger partial charge on any atom is 0.325 e. The van der Waals surface area contributed by atoms with Gasteiger partial charge >= 0.3 is 5.97 Å². The van der Waals surface area contributed by atoms with Gasteiger partial charge in [0.2, 0.25) is 0 Å². The summed E-state index contributed by atoms with van der Waals surface area (Å²) in [4.78, 5) is 19.1. The van der Waals surface area contributed by atoms with Crippen molar-refractivity contribution in [1.29, 1.82) is 0 Å². The lowest BCUT2D eigenvalue weighted by molar-refractivity contribution is -0.137. The summed E-state index contributed by atoms with van der Waals surface area (Å²) in [6.45, 7) is 4.49. The molecule has 1 unspecified atom stereocenters. The SMILES string of the molecule is COCCNc1cc(NC(C)C(=O)O)nc(C)n1. The lowest BCUT2D eigenvalue weighted by Gasteiger charge is -2.12. The second kappa shape index (κ2) is 6.75. The standard InChI is InChI=1S/C11H18N4O3/c1-7(11(16)17)13-10-6-9(12-4-5-18-3)14-8(2)15-10/h6-7H,4-5H2,1-3H3,(H,16,17)(H2,12,13,14,15).